The van der Waals surface area contributed by atoms with Gasteiger partial charge < -0.3 is 10.6 Å². The van der Waals surface area contributed by atoms with Gasteiger partial charge in [0.25, 0.3) is 0 Å². The van der Waals surface area contributed by atoms with Crippen LogP contribution in [-0.4, -0.2) is 22.8 Å². The monoisotopic (exact) mass is 365 g/mol. The van der Waals surface area contributed by atoms with Crippen LogP contribution in [0.3, 0.4) is 0 Å². The number of rotatable bonds is 4. The first-order chi connectivity index (χ1) is 11.2. The molecule has 0 radical (unpaired) electrons. The summed E-state index contributed by atoms with van der Waals surface area (Å²) in [6.07, 6.45) is 0. The molecule has 5 nitrogen and oxygen atoms in total. The van der Waals surface area contributed by atoms with E-state index in [-0.39, 0.29) is 11.8 Å². The number of nitrogens with zero attached hydrogens (tertiary/aromatic N) is 1. The lowest BCUT2D eigenvalue weighted by molar-refractivity contribution is -0.131. The Labute approximate surface area is 150 Å². The molecule has 0 aliphatic rings. The van der Waals surface area contributed by atoms with Crippen molar-refractivity contribution in [3.63, 3.8) is 0 Å². The minimum absolute atomic E-state index is 0.180. The molecule has 1 atom stereocenters. The van der Waals surface area contributed by atoms with Crippen LogP contribution >= 0.6 is 22.9 Å². The third-order valence-corrected chi connectivity index (χ3v) is 4.39. The summed E-state index contributed by atoms with van der Waals surface area (Å²) >= 11 is 7.46. The van der Waals surface area contributed by atoms with Gasteiger partial charge in [-0.05, 0) is 13.0 Å². The predicted octanol–water partition coefficient (Wildman–Crippen LogP) is 3.95. The van der Waals surface area contributed by atoms with E-state index >= 15 is 0 Å². The maximum Gasteiger partial charge on any atom is 0.248 e. The number of hydrogen-bond acceptors (Lipinski definition) is 4. The van der Waals surface area contributed by atoms with Crippen LogP contribution in [0.4, 0.5) is 5.13 Å². The zero-order chi connectivity index (χ0) is 17.9. The first-order valence-corrected chi connectivity index (χ1v) is 8.76. The lowest BCUT2D eigenvalue weighted by atomic mass is 9.95. The fraction of sp³-hybridized carbons (Fsp3) is 0.353. The number of nitrogens with one attached hydrogen (secondary N) is 2. The Hall–Kier alpha value is -1.92. The first-order valence-electron chi connectivity index (χ1n) is 7.50. The summed E-state index contributed by atoms with van der Waals surface area (Å²) in [5.74, 6) is -0.492. The SMILES string of the molecule is CC(NC(=O)C(C)(C)C)C(=O)Nc1nc(-c2ccccc2Cl)cs1. The van der Waals surface area contributed by atoms with Gasteiger partial charge >= 0.3 is 0 Å². The van der Waals surface area contributed by atoms with Crippen molar-refractivity contribution in [1.29, 1.82) is 0 Å². The second-order valence-electron chi connectivity index (χ2n) is 6.45. The van der Waals surface area contributed by atoms with Crippen molar-refractivity contribution in [3.8, 4) is 11.3 Å². The van der Waals surface area contributed by atoms with Crippen LogP contribution < -0.4 is 10.6 Å². The van der Waals surface area contributed by atoms with Gasteiger partial charge in [-0.3, -0.25) is 9.59 Å². The van der Waals surface area contributed by atoms with Gasteiger partial charge in [-0.25, -0.2) is 4.98 Å². The number of amides is 2. The minimum Gasteiger partial charge on any atom is -0.344 e. The number of aromatic nitrogens is 1. The van der Waals surface area contributed by atoms with Gasteiger partial charge in [0.15, 0.2) is 5.13 Å². The van der Waals surface area contributed by atoms with E-state index in [1.54, 1.807) is 33.8 Å². The van der Waals surface area contributed by atoms with E-state index in [4.69, 9.17) is 11.6 Å². The van der Waals surface area contributed by atoms with Crippen molar-refractivity contribution in [1.82, 2.24) is 10.3 Å². The number of halogens is 1. The zero-order valence-electron chi connectivity index (χ0n) is 14.0. The summed E-state index contributed by atoms with van der Waals surface area (Å²) in [4.78, 5) is 28.5. The molecule has 2 N–H and O–H groups in total. The minimum atomic E-state index is -0.649. The first kappa shape index (κ1) is 18.4. The van der Waals surface area contributed by atoms with Gasteiger partial charge in [0.05, 0.1) is 5.69 Å². The van der Waals surface area contributed by atoms with Crippen LogP contribution in [0.1, 0.15) is 27.7 Å². The summed E-state index contributed by atoms with van der Waals surface area (Å²) in [6, 6.07) is 6.74. The highest BCUT2D eigenvalue weighted by Crippen LogP contribution is 2.30. The molecule has 0 aliphatic carbocycles. The molecule has 7 heteroatoms. The van der Waals surface area contributed by atoms with E-state index < -0.39 is 11.5 Å². The molecule has 0 saturated heterocycles. The largest absolute Gasteiger partial charge is 0.344 e. The molecule has 0 saturated carbocycles. The Bertz CT molecular complexity index is 752. The van der Waals surface area contributed by atoms with Gasteiger partial charge in [0.1, 0.15) is 6.04 Å². The Kier molecular flexibility index (Phi) is 5.62. The number of hydrogen-bond donors (Lipinski definition) is 2. The fourth-order valence-electron chi connectivity index (χ4n) is 1.82. The summed E-state index contributed by atoms with van der Waals surface area (Å²) in [5.41, 5.74) is 0.963. The average molecular weight is 366 g/mol. The molecule has 1 heterocycles. The third-order valence-electron chi connectivity index (χ3n) is 3.31. The van der Waals surface area contributed by atoms with Crippen LogP contribution in [0, 0.1) is 5.41 Å². The third kappa shape index (κ3) is 4.55. The average Bonchev–Trinajstić information content (AvgIpc) is 2.94. The van der Waals surface area contributed by atoms with E-state index in [0.29, 0.717) is 15.8 Å². The molecule has 1 aromatic carbocycles. The Balaban J connectivity index is 2.03. The highest BCUT2D eigenvalue weighted by Gasteiger charge is 2.25. The van der Waals surface area contributed by atoms with E-state index in [9.17, 15) is 9.59 Å². The molecule has 2 amide bonds. The van der Waals surface area contributed by atoms with Crippen molar-refractivity contribution >= 4 is 39.9 Å². The molecule has 0 bridgehead atoms. The lowest BCUT2D eigenvalue weighted by Crippen LogP contribution is -2.46. The van der Waals surface area contributed by atoms with E-state index in [1.165, 1.54) is 11.3 Å². The Morgan fingerprint density at radius 3 is 2.54 bits per heavy atom. The van der Waals surface area contributed by atoms with Crippen molar-refractivity contribution in [2.24, 2.45) is 5.41 Å². The molecule has 1 unspecified atom stereocenters. The van der Waals surface area contributed by atoms with Crippen LogP contribution in [0.5, 0.6) is 0 Å². The molecule has 1 aromatic heterocycles. The zero-order valence-corrected chi connectivity index (χ0v) is 15.6. The lowest BCUT2D eigenvalue weighted by Gasteiger charge is -2.21. The maximum atomic E-state index is 12.2. The number of carbonyl (C=O) groups excluding carboxylic acids is 2. The molecule has 128 valence electrons. The van der Waals surface area contributed by atoms with Crippen LogP contribution in [-0.2, 0) is 9.59 Å². The van der Waals surface area contributed by atoms with E-state index in [0.717, 1.165) is 5.56 Å². The highest BCUT2D eigenvalue weighted by atomic mass is 35.5. The molecule has 0 fully saturated rings. The predicted molar refractivity (Wildman–Crippen MR) is 98.2 cm³/mol. The van der Waals surface area contributed by atoms with Gasteiger partial charge in [-0.2, -0.15) is 0 Å². The smallest absolute Gasteiger partial charge is 0.248 e. The van der Waals surface area contributed by atoms with Crippen LogP contribution in [0.2, 0.25) is 5.02 Å². The quantitative estimate of drug-likeness (QED) is 0.861. The number of carbonyl (C=O) groups is 2. The molecule has 2 rings (SSSR count). The van der Waals surface area contributed by atoms with E-state index in [1.807, 2.05) is 23.6 Å². The van der Waals surface area contributed by atoms with Gasteiger partial charge in [0.2, 0.25) is 11.8 Å². The number of anilines is 1. The van der Waals surface area contributed by atoms with Crippen molar-refractivity contribution in [3.05, 3.63) is 34.7 Å². The van der Waals surface area contributed by atoms with Gasteiger partial charge in [-0.15, -0.1) is 11.3 Å². The van der Waals surface area contributed by atoms with Gasteiger partial charge in [0, 0.05) is 21.4 Å². The maximum absolute atomic E-state index is 12.2. The van der Waals surface area contributed by atoms with Crippen molar-refractivity contribution < 1.29 is 9.59 Å². The molecule has 2 aromatic rings. The molecular weight excluding hydrogens is 346 g/mol. The summed E-state index contributed by atoms with van der Waals surface area (Å²) in [7, 11) is 0. The molecule has 24 heavy (non-hydrogen) atoms. The summed E-state index contributed by atoms with van der Waals surface area (Å²) < 4.78 is 0. The van der Waals surface area contributed by atoms with E-state index in [2.05, 4.69) is 15.6 Å². The summed E-state index contributed by atoms with van der Waals surface area (Å²) in [6.45, 7) is 7.03. The van der Waals surface area contributed by atoms with Crippen molar-refractivity contribution in [2.75, 3.05) is 5.32 Å². The Morgan fingerprint density at radius 2 is 1.92 bits per heavy atom. The normalized spacial score (nSPS) is 12.5. The standard InChI is InChI=1S/C17H20ClN3O2S/c1-10(19-15(23)17(2,3)4)14(22)21-16-20-13(9-24-16)11-7-5-6-8-12(11)18/h5-10H,1-4H3,(H,19,23)(H,20,21,22). The van der Waals surface area contributed by atoms with Crippen LogP contribution in [0.15, 0.2) is 29.6 Å². The van der Waals surface area contributed by atoms with Crippen LogP contribution in [0.25, 0.3) is 11.3 Å². The topological polar surface area (TPSA) is 71.1 Å². The number of benzene rings is 1. The van der Waals surface area contributed by atoms with Gasteiger partial charge in [-0.1, -0.05) is 50.6 Å². The molecule has 0 spiro atoms. The molecule has 0 aliphatic heterocycles. The Morgan fingerprint density at radius 1 is 1.25 bits per heavy atom. The second-order valence-corrected chi connectivity index (χ2v) is 7.72. The summed E-state index contributed by atoms with van der Waals surface area (Å²) in [5, 5.41) is 8.31. The molecular formula is C17H20ClN3O2S. The highest BCUT2D eigenvalue weighted by molar-refractivity contribution is 7.14. The number of thiazole rings is 1. The fourth-order valence-corrected chi connectivity index (χ4v) is 2.76. The second kappa shape index (κ2) is 7.32. The van der Waals surface area contributed by atoms with Crippen molar-refractivity contribution in [2.45, 2.75) is 33.7 Å².